The summed E-state index contributed by atoms with van der Waals surface area (Å²) in [6.45, 7) is 0.868. The van der Waals surface area contributed by atoms with Crippen LogP contribution in [-0.2, 0) is 11.2 Å². The Balaban J connectivity index is 1.59. The Hall–Kier alpha value is -0.940. The van der Waals surface area contributed by atoms with Gasteiger partial charge in [-0.05, 0) is 38.5 Å². The first-order valence-electron chi connectivity index (χ1n) is 7.51. The molecule has 1 aromatic rings. The zero-order valence-corrected chi connectivity index (χ0v) is 11.4. The number of nitrogens with two attached hydrogens (primary N) is 1. The summed E-state index contributed by atoms with van der Waals surface area (Å²) in [5.74, 6) is 1.93. The molecule has 2 heterocycles. The third kappa shape index (κ3) is 3.34. The highest BCUT2D eigenvalue weighted by atomic mass is 16.5. The van der Waals surface area contributed by atoms with Crippen molar-refractivity contribution in [2.45, 2.75) is 69.4 Å². The van der Waals surface area contributed by atoms with Crippen LogP contribution in [0.4, 0.5) is 0 Å². The fraction of sp³-hybridized carbons (Fsp3) is 0.857. The Bertz CT molecular complexity index is 401. The third-order valence-electron chi connectivity index (χ3n) is 4.23. The van der Waals surface area contributed by atoms with E-state index in [2.05, 4.69) is 10.1 Å². The maximum atomic E-state index is 6.01. The van der Waals surface area contributed by atoms with Gasteiger partial charge >= 0.3 is 0 Å². The summed E-state index contributed by atoms with van der Waals surface area (Å²) < 4.78 is 11.1. The van der Waals surface area contributed by atoms with Crippen molar-refractivity contribution in [2.75, 3.05) is 6.61 Å². The predicted octanol–water partition coefficient (Wildman–Crippen LogP) is 2.17. The van der Waals surface area contributed by atoms with E-state index in [0.29, 0.717) is 5.92 Å². The highest BCUT2D eigenvalue weighted by Gasteiger charge is 2.26. The molecule has 5 nitrogen and oxygen atoms in total. The molecule has 3 rings (SSSR count). The molecule has 1 aromatic heterocycles. The zero-order chi connectivity index (χ0) is 13.1. The van der Waals surface area contributed by atoms with E-state index in [4.69, 9.17) is 15.0 Å². The molecule has 0 aromatic carbocycles. The van der Waals surface area contributed by atoms with Gasteiger partial charge in [0.25, 0.3) is 0 Å². The number of hydrogen-bond acceptors (Lipinski definition) is 5. The maximum absolute atomic E-state index is 6.01. The van der Waals surface area contributed by atoms with Gasteiger partial charge in [-0.3, -0.25) is 0 Å². The second kappa shape index (κ2) is 6.01. The van der Waals surface area contributed by atoms with E-state index in [-0.39, 0.29) is 12.1 Å². The number of ether oxygens (including phenoxy) is 1. The van der Waals surface area contributed by atoms with Gasteiger partial charge in [0.2, 0.25) is 5.89 Å². The minimum atomic E-state index is 0.271. The zero-order valence-electron chi connectivity index (χ0n) is 11.4. The predicted molar refractivity (Wildman–Crippen MR) is 70.8 cm³/mol. The minimum absolute atomic E-state index is 0.271. The van der Waals surface area contributed by atoms with Crippen LogP contribution in [0.25, 0.3) is 0 Å². The van der Waals surface area contributed by atoms with Crippen LogP contribution in [0.5, 0.6) is 0 Å². The van der Waals surface area contributed by atoms with Crippen LogP contribution in [0.3, 0.4) is 0 Å². The Labute approximate surface area is 113 Å². The normalized spacial score (nSPS) is 32.4. The first-order chi connectivity index (χ1) is 9.31. The Morgan fingerprint density at radius 3 is 2.89 bits per heavy atom. The monoisotopic (exact) mass is 265 g/mol. The van der Waals surface area contributed by atoms with Gasteiger partial charge in [0, 0.05) is 25.0 Å². The number of hydrogen-bond donors (Lipinski definition) is 1. The largest absolute Gasteiger partial charge is 0.378 e. The van der Waals surface area contributed by atoms with Crippen LogP contribution >= 0.6 is 0 Å². The lowest BCUT2D eigenvalue weighted by Crippen LogP contribution is -2.27. The standard InChI is InChI=1S/C14H23N3O2/c15-11-5-3-4-10(8-11)14-16-13(17-19-14)9-12-6-1-2-7-18-12/h10-12H,1-9,15H2. The summed E-state index contributed by atoms with van der Waals surface area (Å²) in [5, 5.41) is 4.10. The second-order valence-electron chi connectivity index (χ2n) is 5.87. The van der Waals surface area contributed by atoms with Gasteiger partial charge in [0.05, 0.1) is 6.10 Å². The lowest BCUT2D eigenvalue weighted by Gasteiger charge is -2.23. The van der Waals surface area contributed by atoms with E-state index in [9.17, 15) is 0 Å². The van der Waals surface area contributed by atoms with E-state index >= 15 is 0 Å². The molecule has 0 bridgehead atoms. The second-order valence-corrected chi connectivity index (χ2v) is 5.87. The molecule has 3 atom stereocenters. The van der Waals surface area contributed by atoms with Gasteiger partial charge in [-0.15, -0.1) is 0 Å². The highest BCUT2D eigenvalue weighted by Crippen LogP contribution is 2.31. The molecule has 0 amide bonds. The lowest BCUT2D eigenvalue weighted by atomic mass is 9.86. The molecule has 2 N–H and O–H groups in total. The molecule has 1 aliphatic carbocycles. The molecule has 1 aliphatic heterocycles. The van der Waals surface area contributed by atoms with Crippen molar-refractivity contribution in [1.29, 1.82) is 0 Å². The molecule has 1 saturated carbocycles. The van der Waals surface area contributed by atoms with Gasteiger partial charge < -0.3 is 15.0 Å². The van der Waals surface area contributed by atoms with Gasteiger partial charge in [-0.1, -0.05) is 11.6 Å². The van der Waals surface area contributed by atoms with E-state index in [1.54, 1.807) is 0 Å². The lowest BCUT2D eigenvalue weighted by molar-refractivity contribution is 0.0153. The van der Waals surface area contributed by atoms with Crippen molar-refractivity contribution in [2.24, 2.45) is 5.73 Å². The average Bonchev–Trinajstić information content (AvgIpc) is 2.88. The summed E-state index contributed by atoms with van der Waals surface area (Å²) >= 11 is 0. The number of nitrogens with zero attached hydrogens (tertiary/aromatic N) is 2. The van der Waals surface area contributed by atoms with Crippen LogP contribution in [0.1, 0.15) is 62.6 Å². The molecular weight excluding hydrogens is 242 g/mol. The van der Waals surface area contributed by atoms with Gasteiger partial charge in [-0.2, -0.15) is 4.98 Å². The van der Waals surface area contributed by atoms with Crippen LogP contribution in [0.2, 0.25) is 0 Å². The smallest absolute Gasteiger partial charge is 0.229 e. The van der Waals surface area contributed by atoms with E-state index in [0.717, 1.165) is 56.8 Å². The van der Waals surface area contributed by atoms with E-state index in [1.165, 1.54) is 12.8 Å². The fourth-order valence-electron chi connectivity index (χ4n) is 3.14. The molecule has 106 valence electrons. The highest BCUT2D eigenvalue weighted by molar-refractivity contribution is 4.98. The summed E-state index contributed by atoms with van der Waals surface area (Å²) in [5.41, 5.74) is 6.01. The van der Waals surface area contributed by atoms with Crippen LogP contribution in [0.15, 0.2) is 4.52 Å². The van der Waals surface area contributed by atoms with Crippen molar-refractivity contribution >= 4 is 0 Å². The van der Waals surface area contributed by atoms with Gasteiger partial charge in [0.15, 0.2) is 5.82 Å². The molecule has 2 fully saturated rings. The topological polar surface area (TPSA) is 74.2 Å². The first-order valence-corrected chi connectivity index (χ1v) is 7.51. The minimum Gasteiger partial charge on any atom is -0.378 e. The Morgan fingerprint density at radius 1 is 1.16 bits per heavy atom. The summed E-state index contributed by atoms with van der Waals surface area (Å²) in [6.07, 6.45) is 8.95. The SMILES string of the molecule is NC1CCCC(c2nc(CC3CCCCO3)no2)C1. The van der Waals surface area contributed by atoms with E-state index < -0.39 is 0 Å². The van der Waals surface area contributed by atoms with Crippen molar-refractivity contribution in [3.63, 3.8) is 0 Å². The third-order valence-corrected chi connectivity index (χ3v) is 4.23. The maximum Gasteiger partial charge on any atom is 0.229 e. The van der Waals surface area contributed by atoms with Gasteiger partial charge in [0.1, 0.15) is 0 Å². The molecule has 0 radical (unpaired) electrons. The Kier molecular flexibility index (Phi) is 4.13. The van der Waals surface area contributed by atoms with Crippen molar-refractivity contribution in [1.82, 2.24) is 10.1 Å². The fourth-order valence-corrected chi connectivity index (χ4v) is 3.14. The van der Waals surface area contributed by atoms with Crippen LogP contribution in [0, 0.1) is 0 Å². The van der Waals surface area contributed by atoms with Crippen molar-refractivity contribution in [3.05, 3.63) is 11.7 Å². The molecule has 19 heavy (non-hydrogen) atoms. The Morgan fingerprint density at radius 2 is 2.11 bits per heavy atom. The van der Waals surface area contributed by atoms with Crippen molar-refractivity contribution in [3.8, 4) is 0 Å². The molecule has 2 aliphatic rings. The molecular formula is C14H23N3O2. The number of rotatable bonds is 3. The van der Waals surface area contributed by atoms with E-state index in [1.807, 2.05) is 0 Å². The quantitative estimate of drug-likeness (QED) is 0.906. The first kappa shape index (κ1) is 13.1. The number of aromatic nitrogens is 2. The average molecular weight is 265 g/mol. The van der Waals surface area contributed by atoms with Crippen molar-refractivity contribution < 1.29 is 9.26 Å². The summed E-state index contributed by atoms with van der Waals surface area (Å²) in [7, 11) is 0. The summed E-state index contributed by atoms with van der Waals surface area (Å²) in [4.78, 5) is 4.55. The van der Waals surface area contributed by atoms with Gasteiger partial charge in [-0.25, -0.2) is 0 Å². The molecule has 0 spiro atoms. The summed E-state index contributed by atoms with van der Waals surface area (Å²) in [6, 6.07) is 0.288. The molecule has 5 heteroatoms. The van der Waals surface area contributed by atoms with Crippen LogP contribution in [-0.4, -0.2) is 28.9 Å². The molecule has 3 unspecified atom stereocenters. The molecule has 1 saturated heterocycles. The van der Waals surface area contributed by atoms with Crippen LogP contribution < -0.4 is 5.73 Å².